The van der Waals surface area contributed by atoms with E-state index in [2.05, 4.69) is 16.3 Å². The van der Waals surface area contributed by atoms with Gasteiger partial charge in [0.25, 0.3) is 5.91 Å². The minimum Gasteiger partial charge on any atom is -0.496 e. The fourth-order valence-corrected chi connectivity index (χ4v) is 3.54. The van der Waals surface area contributed by atoms with Gasteiger partial charge in [-0.1, -0.05) is 35.9 Å². The Balaban J connectivity index is 1.77. The molecule has 1 atom stereocenters. The number of likely N-dealkylation sites (tertiary alicyclic amines) is 1. The highest BCUT2D eigenvalue weighted by Gasteiger charge is 2.26. The molecule has 0 aliphatic carbocycles. The number of hydrogen-bond donors (Lipinski definition) is 1. The smallest absolute Gasteiger partial charge is 0.251 e. The van der Waals surface area contributed by atoms with Crippen molar-refractivity contribution in [1.29, 1.82) is 0 Å². The van der Waals surface area contributed by atoms with E-state index < -0.39 is 0 Å². The largest absolute Gasteiger partial charge is 0.496 e. The highest BCUT2D eigenvalue weighted by molar-refractivity contribution is 6.30. The summed E-state index contributed by atoms with van der Waals surface area (Å²) in [6.07, 6.45) is 2.38. The van der Waals surface area contributed by atoms with Crippen molar-refractivity contribution in [2.45, 2.75) is 18.9 Å². The van der Waals surface area contributed by atoms with E-state index in [0.717, 1.165) is 24.4 Å². The molecule has 4 nitrogen and oxygen atoms in total. The summed E-state index contributed by atoms with van der Waals surface area (Å²) in [6, 6.07) is 15.1. The Morgan fingerprint density at radius 2 is 1.96 bits per heavy atom. The standard InChI is InChI=1S/C20H23ClN2O2/c1-25-19-10-3-2-9-17(19)18(23-11-4-5-12-23)14-22-20(24)15-7-6-8-16(21)13-15/h2-3,6-10,13,18H,4-5,11-12,14H2,1H3,(H,22,24). The van der Waals surface area contributed by atoms with Crippen molar-refractivity contribution >= 4 is 17.5 Å². The molecule has 5 heteroatoms. The maximum atomic E-state index is 12.5. The monoisotopic (exact) mass is 358 g/mol. The van der Waals surface area contributed by atoms with E-state index in [4.69, 9.17) is 16.3 Å². The quantitative estimate of drug-likeness (QED) is 0.851. The Bertz CT molecular complexity index is 729. The van der Waals surface area contributed by atoms with Crippen molar-refractivity contribution in [1.82, 2.24) is 10.2 Å². The van der Waals surface area contributed by atoms with Crippen molar-refractivity contribution in [2.24, 2.45) is 0 Å². The number of benzene rings is 2. The Labute approximate surface area is 153 Å². The van der Waals surface area contributed by atoms with E-state index in [9.17, 15) is 4.79 Å². The molecule has 0 radical (unpaired) electrons. The number of methoxy groups -OCH3 is 1. The minimum absolute atomic E-state index is 0.0989. The first-order chi connectivity index (χ1) is 12.2. The zero-order valence-corrected chi connectivity index (χ0v) is 15.1. The van der Waals surface area contributed by atoms with E-state index in [1.54, 1.807) is 31.4 Å². The second-order valence-electron chi connectivity index (χ2n) is 6.22. The number of ether oxygens (including phenoxy) is 1. The van der Waals surface area contributed by atoms with E-state index in [-0.39, 0.29) is 11.9 Å². The van der Waals surface area contributed by atoms with Crippen molar-refractivity contribution in [2.75, 3.05) is 26.7 Å². The van der Waals surface area contributed by atoms with Crippen LogP contribution in [0.2, 0.25) is 5.02 Å². The van der Waals surface area contributed by atoms with Crippen LogP contribution in [0.25, 0.3) is 0 Å². The third kappa shape index (κ3) is 4.33. The third-order valence-electron chi connectivity index (χ3n) is 4.62. The summed E-state index contributed by atoms with van der Waals surface area (Å²) in [4.78, 5) is 14.9. The summed E-state index contributed by atoms with van der Waals surface area (Å²) < 4.78 is 5.54. The van der Waals surface area contributed by atoms with E-state index >= 15 is 0 Å². The molecule has 2 aromatic carbocycles. The van der Waals surface area contributed by atoms with Crippen LogP contribution in [0.15, 0.2) is 48.5 Å². The van der Waals surface area contributed by atoms with Gasteiger partial charge in [0, 0.05) is 22.7 Å². The molecular formula is C20H23ClN2O2. The predicted molar refractivity (Wildman–Crippen MR) is 100 cm³/mol. The summed E-state index contributed by atoms with van der Waals surface area (Å²) in [6.45, 7) is 2.61. The lowest BCUT2D eigenvalue weighted by atomic mass is 10.0. The lowest BCUT2D eigenvalue weighted by Gasteiger charge is -2.29. The van der Waals surface area contributed by atoms with Gasteiger partial charge in [0.15, 0.2) is 0 Å². The second-order valence-corrected chi connectivity index (χ2v) is 6.66. The molecule has 0 aromatic heterocycles. The molecule has 0 spiro atoms. The zero-order chi connectivity index (χ0) is 17.6. The first kappa shape index (κ1) is 17.8. The summed E-state index contributed by atoms with van der Waals surface area (Å²) in [5.41, 5.74) is 1.69. The van der Waals surface area contributed by atoms with Crippen LogP contribution in [-0.2, 0) is 0 Å². The van der Waals surface area contributed by atoms with Gasteiger partial charge >= 0.3 is 0 Å². The molecule has 1 fully saturated rings. The molecule has 25 heavy (non-hydrogen) atoms. The molecule has 1 aliphatic rings. The van der Waals surface area contributed by atoms with Crippen LogP contribution in [-0.4, -0.2) is 37.6 Å². The third-order valence-corrected chi connectivity index (χ3v) is 4.86. The molecule has 0 bridgehead atoms. The average Bonchev–Trinajstić information content (AvgIpc) is 3.16. The average molecular weight is 359 g/mol. The molecular weight excluding hydrogens is 336 g/mol. The Kier molecular flexibility index (Phi) is 5.95. The normalized spacial score (nSPS) is 15.8. The predicted octanol–water partition coefficient (Wildman–Crippen LogP) is 3.92. The molecule has 1 amide bonds. The second kappa shape index (κ2) is 8.37. The van der Waals surface area contributed by atoms with Crippen LogP contribution in [0.5, 0.6) is 5.75 Å². The van der Waals surface area contributed by atoms with Crippen LogP contribution in [0.1, 0.15) is 34.8 Å². The highest BCUT2D eigenvalue weighted by Crippen LogP contribution is 2.31. The lowest BCUT2D eigenvalue weighted by molar-refractivity contribution is 0.0937. The van der Waals surface area contributed by atoms with Crippen LogP contribution in [0, 0.1) is 0 Å². The Hall–Kier alpha value is -2.04. The van der Waals surface area contributed by atoms with Gasteiger partial charge in [-0.25, -0.2) is 0 Å². The van der Waals surface area contributed by atoms with Gasteiger partial charge in [0.2, 0.25) is 0 Å². The van der Waals surface area contributed by atoms with E-state index in [1.165, 1.54) is 12.8 Å². The Morgan fingerprint density at radius 3 is 2.68 bits per heavy atom. The number of rotatable bonds is 6. The van der Waals surface area contributed by atoms with Gasteiger partial charge in [-0.05, 0) is 50.2 Å². The Morgan fingerprint density at radius 1 is 1.20 bits per heavy atom. The topological polar surface area (TPSA) is 41.6 Å². The van der Waals surface area contributed by atoms with E-state index in [0.29, 0.717) is 17.1 Å². The van der Waals surface area contributed by atoms with Gasteiger partial charge in [-0.3, -0.25) is 9.69 Å². The summed E-state index contributed by atoms with van der Waals surface area (Å²) in [7, 11) is 1.68. The molecule has 132 valence electrons. The molecule has 1 saturated heterocycles. The molecule has 1 heterocycles. The van der Waals surface area contributed by atoms with Gasteiger partial charge in [-0.15, -0.1) is 0 Å². The van der Waals surface area contributed by atoms with Crippen molar-refractivity contribution in [3.05, 3.63) is 64.7 Å². The van der Waals surface area contributed by atoms with E-state index in [1.807, 2.05) is 18.2 Å². The molecule has 0 saturated carbocycles. The van der Waals surface area contributed by atoms with Gasteiger partial charge in [-0.2, -0.15) is 0 Å². The van der Waals surface area contributed by atoms with Crippen LogP contribution >= 0.6 is 11.6 Å². The van der Waals surface area contributed by atoms with Crippen molar-refractivity contribution < 1.29 is 9.53 Å². The lowest BCUT2D eigenvalue weighted by Crippen LogP contribution is -2.37. The summed E-state index contributed by atoms with van der Waals surface area (Å²) in [5.74, 6) is 0.748. The van der Waals surface area contributed by atoms with Gasteiger partial charge in [0.05, 0.1) is 13.2 Å². The number of carbonyl (C=O) groups is 1. The fourth-order valence-electron chi connectivity index (χ4n) is 3.35. The number of amides is 1. The first-order valence-corrected chi connectivity index (χ1v) is 8.97. The summed E-state index contributed by atoms with van der Waals surface area (Å²) in [5, 5.41) is 3.62. The zero-order valence-electron chi connectivity index (χ0n) is 14.4. The molecule has 1 N–H and O–H groups in total. The molecule has 1 aliphatic heterocycles. The molecule has 1 unspecified atom stereocenters. The van der Waals surface area contributed by atoms with Gasteiger partial charge in [0.1, 0.15) is 5.75 Å². The number of hydrogen-bond acceptors (Lipinski definition) is 3. The first-order valence-electron chi connectivity index (χ1n) is 8.60. The summed E-state index contributed by atoms with van der Waals surface area (Å²) >= 11 is 5.99. The van der Waals surface area contributed by atoms with Crippen LogP contribution < -0.4 is 10.1 Å². The molecule has 2 aromatic rings. The maximum absolute atomic E-state index is 12.5. The molecule has 3 rings (SSSR count). The number of halogens is 1. The number of nitrogens with one attached hydrogen (secondary N) is 1. The minimum atomic E-state index is -0.110. The van der Waals surface area contributed by atoms with Crippen LogP contribution in [0.4, 0.5) is 0 Å². The highest BCUT2D eigenvalue weighted by atomic mass is 35.5. The van der Waals surface area contributed by atoms with Gasteiger partial charge < -0.3 is 10.1 Å². The fraction of sp³-hybridized carbons (Fsp3) is 0.350. The number of nitrogens with zero attached hydrogens (tertiary/aromatic N) is 1. The van der Waals surface area contributed by atoms with Crippen LogP contribution in [0.3, 0.4) is 0 Å². The number of carbonyl (C=O) groups excluding carboxylic acids is 1. The number of para-hydroxylation sites is 1. The SMILES string of the molecule is COc1ccccc1C(CNC(=O)c1cccc(Cl)c1)N1CCCC1. The maximum Gasteiger partial charge on any atom is 0.251 e. The van der Waals surface area contributed by atoms with Crippen molar-refractivity contribution in [3.8, 4) is 5.75 Å². The van der Waals surface area contributed by atoms with Crippen molar-refractivity contribution in [3.63, 3.8) is 0 Å².